The molecule has 0 atom stereocenters. The summed E-state index contributed by atoms with van der Waals surface area (Å²) in [5, 5.41) is 0. The standard InChI is InChI=1S/C34H58O2Si2/c1-15-16-17-18-21-30-23-24-31(22-19-20-25-33(8,9)35-37(12,13)14)32(26-30)34(10,11)36-38(27(2)3,28(4)5)29(6)7/h23-24,26-29H,15-18,21H2,1-14H3. The highest BCUT2D eigenvalue weighted by atomic mass is 28.4. The van der Waals surface area contributed by atoms with Crippen LogP contribution in [-0.4, -0.2) is 22.2 Å². The zero-order valence-electron chi connectivity index (χ0n) is 27.3. The van der Waals surface area contributed by atoms with E-state index in [1.54, 1.807) is 0 Å². The van der Waals surface area contributed by atoms with Gasteiger partial charge in [-0.2, -0.15) is 0 Å². The Morgan fingerprint density at radius 3 is 1.87 bits per heavy atom. The van der Waals surface area contributed by atoms with Gasteiger partial charge in [-0.1, -0.05) is 91.7 Å². The highest BCUT2D eigenvalue weighted by Crippen LogP contribution is 2.47. The van der Waals surface area contributed by atoms with Gasteiger partial charge in [0, 0.05) is 5.56 Å². The third kappa shape index (κ3) is 10.3. The molecule has 0 saturated carbocycles. The quantitative estimate of drug-likeness (QED) is 0.137. The first kappa shape index (κ1) is 34.7. The smallest absolute Gasteiger partial charge is 0.201 e. The van der Waals surface area contributed by atoms with E-state index in [2.05, 4.69) is 124 Å². The molecule has 4 heteroatoms. The van der Waals surface area contributed by atoms with Gasteiger partial charge in [0.25, 0.3) is 0 Å². The maximum Gasteiger partial charge on any atom is 0.201 e. The molecular formula is C34H58O2Si2. The van der Waals surface area contributed by atoms with Crippen molar-refractivity contribution in [2.45, 2.75) is 156 Å². The Morgan fingerprint density at radius 2 is 1.37 bits per heavy atom. The first-order valence-electron chi connectivity index (χ1n) is 14.9. The van der Waals surface area contributed by atoms with Crippen molar-refractivity contribution < 1.29 is 8.85 Å². The molecule has 0 aromatic heterocycles. The summed E-state index contributed by atoms with van der Waals surface area (Å²) < 4.78 is 13.6. The van der Waals surface area contributed by atoms with Gasteiger partial charge >= 0.3 is 0 Å². The number of unbranched alkanes of at least 4 members (excludes halogenated alkanes) is 3. The van der Waals surface area contributed by atoms with Crippen molar-refractivity contribution in [1.29, 1.82) is 0 Å². The predicted molar refractivity (Wildman–Crippen MR) is 173 cm³/mol. The first-order chi connectivity index (χ1) is 17.4. The number of hydrogen-bond donors (Lipinski definition) is 0. The molecule has 0 amide bonds. The van der Waals surface area contributed by atoms with Crippen molar-refractivity contribution in [2.24, 2.45) is 0 Å². The summed E-state index contributed by atoms with van der Waals surface area (Å²) in [5.74, 6) is 12.9. The van der Waals surface area contributed by atoms with Gasteiger partial charge in [-0.15, -0.1) is 0 Å². The van der Waals surface area contributed by atoms with E-state index in [0.717, 1.165) is 12.0 Å². The van der Waals surface area contributed by atoms with Gasteiger partial charge in [0.05, 0.1) is 5.60 Å². The summed E-state index contributed by atoms with van der Waals surface area (Å²) in [5.41, 5.74) is 4.21. The van der Waals surface area contributed by atoms with E-state index in [1.165, 1.54) is 36.8 Å². The van der Waals surface area contributed by atoms with Crippen LogP contribution in [0.5, 0.6) is 0 Å². The molecule has 38 heavy (non-hydrogen) atoms. The molecule has 1 aromatic carbocycles. The molecule has 0 N–H and O–H groups in total. The summed E-state index contributed by atoms with van der Waals surface area (Å²) in [7, 11) is -3.78. The summed E-state index contributed by atoms with van der Waals surface area (Å²) in [6.07, 6.45) is 6.16. The molecule has 0 aliphatic rings. The van der Waals surface area contributed by atoms with Crippen LogP contribution < -0.4 is 0 Å². The van der Waals surface area contributed by atoms with E-state index in [-0.39, 0.29) is 0 Å². The minimum atomic E-state index is -2.10. The van der Waals surface area contributed by atoms with Crippen molar-refractivity contribution in [1.82, 2.24) is 0 Å². The number of hydrogen-bond acceptors (Lipinski definition) is 2. The van der Waals surface area contributed by atoms with Gasteiger partial charge in [0.1, 0.15) is 5.60 Å². The molecule has 0 bridgehead atoms. The van der Waals surface area contributed by atoms with E-state index in [4.69, 9.17) is 8.85 Å². The maximum absolute atomic E-state index is 7.37. The Labute approximate surface area is 239 Å². The fraction of sp³-hybridized carbons (Fsp3) is 0.706. The van der Waals surface area contributed by atoms with E-state index in [1.807, 2.05) is 13.8 Å². The van der Waals surface area contributed by atoms with Gasteiger partial charge in [-0.3, -0.25) is 0 Å². The zero-order chi connectivity index (χ0) is 29.4. The van der Waals surface area contributed by atoms with Crippen LogP contribution in [0.25, 0.3) is 0 Å². The minimum Gasteiger partial charge on any atom is -0.407 e. The molecule has 214 valence electrons. The second kappa shape index (κ2) is 14.4. The van der Waals surface area contributed by atoms with E-state index in [9.17, 15) is 0 Å². The van der Waals surface area contributed by atoms with Crippen molar-refractivity contribution in [2.75, 3.05) is 0 Å². The Kier molecular flexibility index (Phi) is 13.1. The highest BCUT2D eigenvalue weighted by Gasteiger charge is 2.49. The second-order valence-electron chi connectivity index (χ2n) is 13.8. The molecule has 0 heterocycles. The van der Waals surface area contributed by atoms with Crippen LogP contribution in [0.1, 0.15) is 119 Å². The number of benzene rings is 1. The molecule has 0 fully saturated rings. The van der Waals surface area contributed by atoms with Crippen LogP contribution in [0.15, 0.2) is 18.2 Å². The first-order valence-corrected chi connectivity index (χ1v) is 20.5. The van der Waals surface area contributed by atoms with Gasteiger partial charge in [0.2, 0.25) is 8.32 Å². The van der Waals surface area contributed by atoms with Crippen molar-refractivity contribution >= 4 is 16.6 Å². The van der Waals surface area contributed by atoms with E-state index >= 15 is 0 Å². The van der Waals surface area contributed by atoms with Crippen LogP contribution in [0, 0.1) is 23.7 Å². The molecule has 0 saturated heterocycles. The van der Waals surface area contributed by atoms with Gasteiger partial charge in [0.15, 0.2) is 8.32 Å². The average Bonchev–Trinajstić information content (AvgIpc) is 2.76. The van der Waals surface area contributed by atoms with Gasteiger partial charge in [-0.05, 0) is 106 Å². The predicted octanol–water partition coefficient (Wildman–Crippen LogP) is 10.2. The number of aryl methyl sites for hydroxylation is 1. The lowest BCUT2D eigenvalue weighted by molar-refractivity contribution is 0.0841. The zero-order valence-corrected chi connectivity index (χ0v) is 29.3. The third-order valence-corrected chi connectivity index (χ3v) is 14.8. The summed E-state index contributed by atoms with van der Waals surface area (Å²) in [4.78, 5) is 0. The molecular weight excluding hydrogens is 497 g/mol. The Balaban J connectivity index is 3.53. The maximum atomic E-state index is 7.37. The normalized spacial score (nSPS) is 13.0. The van der Waals surface area contributed by atoms with Crippen molar-refractivity contribution in [3.05, 3.63) is 34.9 Å². The SMILES string of the molecule is CCCCCCc1ccc(C#CC#CC(C)(C)O[Si](C)(C)C)c(C(C)(C)O[Si](C(C)C)(C(C)C)C(C)C)c1. The molecule has 2 nitrogen and oxygen atoms in total. The monoisotopic (exact) mass is 554 g/mol. The van der Waals surface area contributed by atoms with Crippen LogP contribution in [0.3, 0.4) is 0 Å². The Hall–Kier alpha value is -1.31. The summed E-state index contributed by atoms with van der Waals surface area (Å²) >= 11 is 0. The van der Waals surface area contributed by atoms with Gasteiger partial charge in [-0.25, -0.2) is 0 Å². The van der Waals surface area contributed by atoms with E-state index < -0.39 is 27.8 Å². The van der Waals surface area contributed by atoms with Crippen LogP contribution in [0.4, 0.5) is 0 Å². The molecule has 0 aliphatic carbocycles. The van der Waals surface area contributed by atoms with Gasteiger partial charge < -0.3 is 8.85 Å². The molecule has 1 rings (SSSR count). The molecule has 0 spiro atoms. The van der Waals surface area contributed by atoms with Crippen LogP contribution in [-0.2, 0) is 20.9 Å². The number of rotatable bonds is 13. The summed E-state index contributed by atoms with van der Waals surface area (Å²) in [6.45, 7) is 31.5. The van der Waals surface area contributed by atoms with Crippen LogP contribution >= 0.6 is 0 Å². The molecule has 1 aromatic rings. The fourth-order valence-corrected chi connectivity index (χ4v) is 13.3. The highest BCUT2D eigenvalue weighted by molar-refractivity contribution is 6.77. The lowest BCUT2D eigenvalue weighted by atomic mass is 9.90. The van der Waals surface area contributed by atoms with E-state index in [0.29, 0.717) is 16.6 Å². The third-order valence-electron chi connectivity index (χ3n) is 7.38. The lowest BCUT2D eigenvalue weighted by Crippen LogP contribution is -2.52. The largest absolute Gasteiger partial charge is 0.407 e. The second-order valence-corrected chi connectivity index (χ2v) is 23.6. The molecule has 0 aliphatic heterocycles. The van der Waals surface area contributed by atoms with Crippen molar-refractivity contribution in [3.63, 3.8) is 0 Å². The molecule has 0 unspecified atom stereocenters. The Bertz CT molecular complexity index is 983. The minimum absolute atomic E-state index is 0.442. The van der Waals surface area contributed by atoms with Crippen molar-refractivity contribution in [3.8, 4) is 23.7 Å². The lowest BCUT2D eigenvalue weighted by Gasteiger charge is -2.48. The Morgan fingerprint density at radius 1 is 0.789 bits per heavy atom. The molecule has 0 radical (unpaired) electrons. The summed E-state index contributed by atoms with van der Waals surface area (Å²) in [6, 6.07) is 6.80. The topological polar surface area (TPSA) is 18.5 Å². The fourth-order valence-electron chi connectivity index (χ4n) is 6.03. The van der Waals surface area contributed by atoms with Crippen LogP contribution in [0.2, 0.25) is 36.3 Å². The average molecular weight is 555 g/mol.